The highest BCUT2D eigenvalue weighted by Crippen LogP contribution is 2.11. The number of likely N-dealkylation sites (N-methyl/N-ethyl adjacent to an activating group) is 1. The van der Waals surface area contributed by atoms with Gasteiger partial charge in [0.05, 0.1) is 11.4 Å². The van der Waals surface area contributed by atoms with E-state index in [0.717, 1.165) is 44.1 Å². The largest absolute Gasteiger partial charge is 0.360 e. The molecule has 0 bridgehead atoms. The van der Waals surface area contributed by atoms with Crippen LogP contribution in [0.1, 0.15) is 53.9 Å². The molecule has 30 heavy (non-hydrogen) atoms. The number of rotatable bonds is 11. The molecule has 0 aromatic rings. The van der Waals surface area contributed by atoms with Crippen molar-refractivity contribution in [2.75, 3.05) is 45.8 Å². The van der Waals surface area contributed by atoms with Gasteiger partial charge in [0.2, 0.25) is 0 Å². The summed E-state index contributed by atoms with van der Waals surface area (Å²) in [5.74, 6) is 0. The molecule has 0 aliphatic carbocycles. The molecule has 1 heterocycles. The lowest BCUT2D eigenvalue weighted by Crippen LogP contribution is -2.46. The highest BCUT2D eigenvalue weighted by Gasteiger charge is 2.16. The molecule has 0 spiro atoms. The Hall–Kier alpha value is -1.36. The van der Waals surface area contributed by atoms with Gasteiger partial charge in [-0.25, -0.2) is 0 Å². The van der Waals surface area contributed by atoms with Gasteiger partial charge < -0.3 is 15.5 Å². The first-order chi connectivity index (χ1) is 14.4. The second-order valence-corrected chi connectivity index (χ2v) is 8.37. The molecule has 1 atom stereocenters. The van der Waals surface area contributed by atoms with E-state index in [9.17, 15) is 0 Å². The van der Waals surface area contributed by atoms with Gasteiger partial charge in [0.15, 0.2) is 10.2 Å². The number of piperidine rings is 1. The van der Waals surface area contributed by atoms with E-state index in [1.807, 2.05) is 13.8 Å². The lowest BCUT2D eigenvalue weighted by molar-refractivity contribution is 0.174. The minimum absolute atomic E-state index is 0.456. The van der Waals surface area contributed by atoms with Crippen molar-refractivity contribution >= 4 is 46.1 Å². The van der Waals surface area contributed by atoms with E-state index in [4.69, 9.17) is 24.4 Å². The molecule has 0 amide bonds. The molecule has 1 fully saturated rings. The molecular formula is C20H40N8S2. The third-order valence-corrected chi connectivity index (χ3v) is 5.83. The molecule has 1 aliphatic rings. The Labute approximate surface area is 193 Å². The summed E-state index contributed by atoms with van der Waals surface area (Å²) in [5.41, 5.74) is 7.23. The Bertz CT molecular complexity index is 583. The Morgan fingerprint density at radius 1 is 0.933 bits per heavy atom. The fourth-order valence-electron chi connectivity index (χ4n) is 3.11. The maximum absolute atomic E-state index is 5.34. The SMILES string of the molecule is CCN(CC)CCNC(=S)N/N=C(C)/C(C)=N/NC(=S)NCC(C)N1CCCCC1. The predicted octanol–water partition coefficient (Wildman–Crippen LogP) is 1.88. The Balaban J connectivity index is 2.30. The second kappa shape index (κ2) is 15.4. The molecule has 172 valence electrons. The van der Waals surface area contributed by atoms with E-state index in [1.54, 1.807) is 0 Å². The smallest absolute Gasteiger partial charge is 0.187 e. The number of hydrazone groups is 2. The second-order valence-electron chi connectivity index (χ2n) is 7.56. The van der Waals surface area contributed by atoms with Crippen molar-refractivity contribution in [3.63, 3.8) is 0 Å². The van der Waals surface area contributed by atoms with Gasteiger partial charge in [0.25, 0.3) is 0 Å². The van der Waals surface area contributed by atoms with Crippen LogP contribution >= 0.6 is 24.4 Å². The summed E-state index contributed by atoms with van der Waals surface area (Å²) < 4.78 is 0. The van der Waals surface area contributed by atoms with Crippen molar-refractivity contribution in [2.45, 2.75) is 59.9 Å². The fourth-order valence-corrected chi connectivity index (χ4v) is 3.38. The standard InChI is InChI=1S/C20H40N8S2/c1-6-27(7-2)14-11-21-19(29)25-23-17(4)18(5)24-26-20(30)22-15-16(3)28-12-9-8-10-13-28/h16H,6-15H2,1-5H3,(H2,21,25,29)(H2,22,26,30)/b23-17+,24-18+. The number of hydrogen-bond acceptors (Lipinski definition) is 6. The number of nitrogens with zero attached hydrogens (tertiary/aromatic N) is 4. The zero-order chi connectivity index (χ0) is 22.4. The van der Waals surface area contributed by atoms with E-state index in [-0.39, 0.29) is 0 Å². The molecule has 0 aromatic carbocycles. The van der Waals surface area contributed by atoms with Crippen LogP contribution in [0.25, 0.3) is 0 Å². The van der Waals surface area contributed by atoms with Crippen LogP contribution in [0.2, 0.25) is 0 Å². The van der Waals surface area contributed by atoms with Gasteiger partial charge >= 0.3 is 0 Å². The van der Waals surface area contributed by atoms with Crippen LogP contribution in [0.4, 0.5) is 0 Å². The third-order valence-electron chi connectivity index (χ3n) is 5.35. The number of hydrogen-bond donors (Lipinski definition) is 4. The van der Waals surface area contributed by atoms with Gasteiger partial charge in [0.1, 0.15) is 0 Å². The monoisotopic (exact) mass is 456 g/mol. The number of nitrogens with one attached hydrogen (secondary N) is 4. The molecule has 10 heteroatoms. The molecule has 1 saturated heterocycles. The van der Waals surface area contributed by atoms with Crippen molar-refractivity contribution in [1.29, 1.82) is 0 Å². The molecular weight excluding hydrogens is 416 g/mol. The van der Waals surface area contributed by atoms with E-state index >= 15 is 0 Å². The summed E-state index contributed by atoms with van der Waals surface area (Å²) in [6.45, 7) is 17.3. The van der Waals surface area contributed by atoms with Crippen LogP contribution in [0.15, 0.2) is 10.2 Å². The summed E-state index contributed by atoms with van der Waals surface area (Å²) in [6, 6.07) is 0.456. The fraction of sp³-hybridized carbons (Fsp3) is 0.800. The van der Waals surface area contributed by atoms with Crippen molar-refractivity contribution in [3.8, 4) is 0 Å². The molecule has 1 aliphatic heterocycles. The van der Waals surface area contributed by atoms with Gasteiger partial charge in [-0.3, -0.25) is 15.8 Å². The average molecular weight is 457 g/mol. The highest BCUT2D eigenvalue weighted by molar-refractivity contribution is 7.80. The molecule has 1 unspecified atom stereocenters. The van der Waals surface area contributed by atoms with Crippen LogP contribution < -0.4 is 21.5 Å². The van der Waals surface area contributed by atoms with Gasteiger partial charge in [-0.1, -0.05) is 20.3 Å². The van der Waals surface area contributed by atoms with Crippen LogP contribution in [0.5, 0.6) is 0 Å². The highest BCUT2D eigenvalue weighted by atomic mass is 32.1. The quantitative estimate of drug-likeness (QED) is 0.213. The van der Waals surface area contributed by atoms with E-state index in [0.29, 0.717) is 16.3 Å². The Morgan fingerprint density at radius 2 is 1.47 bits per heavy atom. The lowest BCUT2D eigenvalue weighted by Gasteiger charge is -2.32. The maximum Gasteiger partial charge on any atom is 0.187 e. The van der Waals surface area contributed by atoms with Crippen LogP contribution in [0.3, 0.4) is 0 Å². The Kier molecular flexibility index (Phi) is 13.7. The number of likely N-dealkylation sites (tertiary alicyclic amines) is 1. The first-order valence-corrected chi connectivity index (χ1v) is 11.8. The third kappa shape index (κ3) is 11.1. The zero-order valence-corrected chi connectivity index (χ0v) is 20.9. The molecule has 8 nitrogen and oxygen atoms in total. The normalized spacial score (nSPS) is 16.9. The minimum atomic E-state index is 0.456. The molecule has 0 radical (unpaired) electrons. The Morgan fingerprint density at radius 3 is 2.00 bits per heavy atom. The first kappa shape index (κ1) is 26.7. The maximum atomic E-state index is 5.34. The van der Waals surface area contributed by atoms with Gasteiger partial charge in [-0.05, 0) is 84.2 Å². The summed E-state index contributed by atoms with van der Waals surface area (Å²) in [4.78, 5) is 4.84. The first-order valence-electron chi connectivity index (χ1n) is 11.0. The van der Waals surface area contributed by atoms with E-state index < -0.39 is 0 Å². The topological polar surface area (TPSA) is 79.3 Å². The molecule has 0 aromatic heterocycles. The van der Waals surface area contributed by atoms with Crippen LogP contribution in [-0.2, 0) is 0 Å². The van der Waals surface area contributed by atoms with E-state index in [1.165, 1.54) is 32.4 Å². The average Bonchev–Trinajstić information content (AvgIpc) is 2.77. The zero-order valence-electron chi connectivity index (χ0n) is 19.3. The molecule has 0 saturated carbocycles. The summed E-state index contributed by atoms with van der Waals surface area (Å²) >= 11 is 10.6. The number of thiocarbonyl (C=S) groups is 2. The van der Waals surface area contributed by atoms with Crippen molar-refractivity contribution in [3.05, 3.63) is 0 Å². The van der Waals surface area contributed by atoms with Crippen molar-refractivity contribution in [1.82, 2.24) is 31.3 Å². The minimum Gasteiger partial charge on any atom is -0.360 e. The van der Waals surface area contributed by atoms with Crippen LogP contribution in [-0.4, -0.2) is 83.3 Å². The summed E-state index contributed by atoms with van der Waals surface area (Å²) in [6.07, 6.45) is 3.92. The molecule has 1 rings (SSSR count). The van der Waals surface area contributed by atoms with E-state index in [2.05, 4.69) is 62.3 Å². The van der Waals surface area contributed by atoms with Gasteiger partial charge in [-0.15, -0.1) is 0 Å². The molecule has 4 N–H and O–H groups in total. The summed E-state index contributed by atoms with van der Waals surface area (Å²) in [7, 11) is 0. The van der Waals surface area contributed by atoms with Gasteiger partial charge in [-0.2, -0.15) is 10.2 Å². The van der Waals surface area contributed by atoms with Crippen molar-refractivity contribution in [2.24, 2.45) is 10.2 Å². The predicted molar refractivity (Wildman–Crippen MR) is 136 cm³/mol. The van der Waals surface area contributed by atoms with Gasteiger partial charge in [0, 0.05) is 25.7 Å². The summed E-state index contributed by atoms with van der Waals surface area (Å²) in [5, 5.41) is 16.0. The lowest BCUT2D eigenvalue weighted by atomic mass is 10.1. The van der Waals surface area contributed by atoms with Crippen molar-refractivity contribution < 1.29 is 0 Å². The van der Waals surface area contributed by atoms with Crippen LogP contribution in [0, 0.1) is 0 Å².